The highest BCUT2D eigenvalue weighted by Crippen LogP contribution is 2.44. The molecular weight excluding hydrogens is 2030 g/mol. The molecule has 3 saturated carbocycles. The molecule has 9 aromatic rings. The van der Waals surface area contributed by atoms with Gasteiger partial charge in [-0.2, -0.15) is 39.5 Å². The van der Waals surface area contributed by atoms with Gasteiger partial charge < -0.3 is 53.3 Å². The molecule has 9 fully saturated rings. The van der Waals surface area contributed by atoms with E-state index in [0.29, 0.717) is 91.7 Å². The van der Waals surface area contributed by atoms with E-state index >= 15 is 0 Å². The van der Waals surface area contributed by atoms with Gasteiger partial charge in [0, 0.05) is 125 Å². The number of likely N-dealkylation sites (tertiary alicyclic amines) is 3. The Bertz CT molecular complexity index is 5720. The standard InChI is InChI=1S/2C19H21ClF3N3O2.C19H21ClF3N3OS.C18H29N3O2.C17H27N3O2.C16H25N3O2/c1-18(2,3)16-9-12(28-25-16)8-15(27)14-5-4-6-26(14)17-13(20)7-11(10-24-17)19(21,22)23;1-18(2,3)16-9-12(25-28-16)8-15(27)14-5-4-6-26(14)17-13(20)7-11(10-24-17)19(21,22)23;1-18(2,3)15-10-28-16(25-15)8-14(27)13-5-4-6-26(13)17-12(20)7-11(9-24-17)19(21,22)23;1-18(2,3)15-12-16(20-23-15)19-17(22)14-10-7-11-21(14)13-8-5-4-6-9-13;1-17(2,3)14-11-15(19-22-14)18-16(21)13-9-6-10-20(13)12-7-4-5-8-12;1-16(2,3)13-10-14(18-21-13)17-15(20)12-8-5-9-19(12)11-6-4-7-11/h2*7,9-10,14H,4-6,8H2,1-3H3;7,9-10,13H,4-6,8H2,1-3H3;12-14H,4-11H2,1-3H3,(H,19,20,22);11-13H,4-10H2,1-3H3,(H,18,19,21);10-12H,4-9H2,1-3H3,(H,17,18,20)/t2*14-;13-;14-;13-;12-/m000000/s1. The van der Waals surface area contributed by atoms with Crippen molar-refractivity contribution < 1.29 is 90.9 Å². The second-order valence-corrected chi connectivity index (χ2v) is 48.9. The van der Waals surface area contributed by atoms with Crippen LogP contribution in [0.1, 0.15) is 346 Å². The smallest absolute Gasteiger partial charge is 0.361 e. The van der Waals surface area contributed by atoms with Crippen molar-refractivity contribution in [1.29, 1.82) is 0 Å². The molecule has 3 N–H and O–H groups in total. The molecular formula is C108H144Cl3F9N18O11S. The normalized spacial score (nSPS) is 20.6. The number of thiazole rings is 1. The molecule has 822 valence electrons. The Balaban J connectivity index is 0.000000150. The SMILES string of the molecule is CC(C)(C)c1cc(CC(=O)[C@@H]2CCCN2c2ncc(C(F)(F)F)cc2Cl)no1.CC(C)(C)c1cc(CC(=O)[C@@H]2CCCN2c2ncc(C(F)(F)F)cc2Cl)on1.CC(C)(C)c1cc(NC(=O)[C@@H]2CCCN2C2CCC2)no1.CC(C)(C)c1cc(NC(=O)[C@@H]2CCCN2C2CCCC2)no1.CC(C)(C)c1cc(NC(=O)[C@@H]2CCCN2C2CCCCC2)no1.CC(C)(C)c1csc(CC(=O)[C@@H]2CCCN2c2ncc(C(F)(F)F)cc2Cl)n1. The maximum atomic E-state index is 12.9. The van der Waals surface area contributed by atoms with Crippen LogP contribution in [-0.4, -0.2) is 189 Å². The molecule has 0 unspecified atom stereocenters. The summed E-state index contributed by atoms with van der Waals surface area (Å²) in [5, 5.41) is 31.1. The van der Waals surface area contributed by atoms with Gasteiger partial charge >= 0.3 is 18.5 Å². The quantitative estimate of drug-likeness (QED) is 0.0563. The number of ketones is 3. The third kappa shape index (κ3) is 30.8. The van der Waals surface area contributed by atoms with Crippen molar-refractivity contribution in [2.75, 3.05) is 69.9 Å². The second kappa shape index (κ2) is 48.8. The minimum atomic E-state index is -4.52. The van der Waals surface area contributed by atoms with Gasteiger partial charge in [-0.15, -0.1) is 11.3 Å². The number of carbonyl (C=O) groups is 6. The minimum absolute atomic E-state index is 0.00196. The van der Waals surface area contributed by atoms with E-state index in [2.05, 4.69) is 159 Å². The van der Waals surface area contributed by atoms with E-state index in [9.17, 15) is 68.3 Å². The number of Topliss-reactive ketones (excluding diaryl/α,β-unsaturated/α-hetero) is 3. The number of alkyl halides is 9. The van der Waals surface area contributed by atoms with Crippen LogP contribution < -0.4 is 30.7 Å². The first kappa shape index (κ1) is 117. The van der Waals surface area contributed by atoms with E-state index in [1.807, 2.05) is 65.1 Å². The summed E-state index contributed by atoms with van der Waals surface area (Å²) >= 11 is 19.6. The predicted molar refractivity (Wildman–Crippen MR) is 559 cm³/mol. The minimum Gasteiger partial charge on any atom is -0.361 e. The van der Waals surface area contributed by atoms with E-state index in [1.54, 1.807) is 26.8 Å². The number of pyridine rings is 3. The van der Waals surface area contributed by atoms with Gasteiger partial charge in [0.05, 0.1) is 104 Å². The van der Waals surface area contributed by atoms with Crippen LogP contribution in [0.15, 0.2) is 95.1 Å². The molecule has 18 rings (SSSR count). The zero-order valence-electron chi connectivity index (χ0n) is 89.1. The lowest BCUT2D eigenvalue weighted by molar-refractivity contribution is -0.138. The van der Waals surface area contributed by atoms with Crippen molar-refractivity contribution in [3.63, 3.8) is 0 Å². The molecule has 0 aromatic carbocycles. The van der Waals surface area contributed by atoms with Crippen molar-refractivity contribution in [3.8, 4) is 0 Å². The maximum Gasteiger partial charge on any atom is 0.417 e. The van der Waals surface area contributed by atoms with E-state index in [1.165, 1.54) is 88.4 Å². The lowest BCUT2D eigenvalue weighted by Crippen LogP contribution is -2.48. The first-order valence-corrected chi connectivity index (χ1v) is 54.3. The summed E-state index contributed by atoms with van der Waals surface area (Å²) in [4.78, 5) is 105. The number of amides is 3. The zero-order chi connectivity index (χ0) is 109. The average Bonchev–Trinajstić information content (AvgIpc) is 1.61. The van der Waals surface area contributed by atoms with Crippen LogP contribution in [0.5, 0.6) is 0 Å². The second-order valence-electron chi connectivity index (χ2n) is 46.8. The number of rotatable bonds is 21. The van der Waals surface area contributed by atoms with Gasteiger partial charge in [0.25, 0.3) is 0 Å². The number of halogens is 12. The number of anilines is 6. The van der Waals surface area contributed by atoms with Gasteiger partial charge in [-0.1, -0.05) is 224 Å². The monoisotopic (exact) mass is 2180 g/mol. The van der Waals surface area contributed by atoms with Crippen LogP contribution in [-0.2, 0) is 99.0 Å². The Morgan fingerprint density at radius 2 is 0.640 bits per heavy atom. The molecule has 6 saturated heterocycles. The summed E-state index contributed by atoms with van der Waals surface area (Å²) in [6, 6.07) is 11.9. The zero-order valence-corrected chi connectivity index (χ0v) is 92.2. The Hall–Kier alpha value is -9.93. The Morgan fingerprint density at radius 1 is 0.333 bits per heavy atom. The van der Waals surface area contributed by atoms with Gasteiger partial charge in [-0.3, -0.25) is 43.5 Å². The Labute approximate surface area is 890 Å². The third-order valence-electron chi connectivity index (χ3n) is 28.8. The van der Waals surface area contributed by atoms with Crippen LogP contribution in [0.3, 0.4) is 0 Å². The summed E-state index contributed by atoms with van der Waals surface area (Å²) < 4.78 is 142. The van der Waals surface area contributed by atoms with Crippen molar-refractivity contribution in [3.05, 3.63) is 155 Å². The molecule has 15 heterocycles. The summed E-state index contributed by atoms with van der Waals surface area (Å²) in [5.74, 6) is 5.73. The van der Waals surface area contributed by atoms with E-state index in [0.717, 1.165) is 148 Å². The molecule has 6 aliphatic heterocycles. The van der Waals surface area contributed by atoms with Gasteiger partial charge in [-0.05, 0) is 153 Å². The fraction of sp³-hybridized carbons (Fsp3) is 0.639. The number of nitrogens with one attached hydrogen (secondary N) is 3. The Kier molecular flexibility index (Phi) is 38.1. The first-order valence-electron chi connectivity index (χ1n) is 52.3. The lowest BCUT2D eigenvalue weighted by atomic mass is 9.91. The summed E-state index contributed by atoms with van der Waals surface area (Å²) in [6.07, 6.45) is 14.5. The number of nitrogens with zero attached hydrogens (tertiary/aromatic N) is 15. The molecule has 6 atom stereocenters. The average molecular weight is 2180 g/mol. The number of carbonyl (C=O) groups excluding carboxylic acids is 6. The van der Waals surface area contributed by atoms with Crippen LogP contribution in [0.25, 0.3) is 0 Å². The summed E-state index contributed by atoms with van der Waals surface area (Å²) in [6.45, 7) is 41.4. The molecule has 3 amide bonds. The fourth-order valence-corrected chi connectivity index (χ4v) is 22.0. The van der Waals surface area contributed by atoms with E-state index in [-0.39, 0.29) is 137 Å². The van der Waals surface area contributed by atoms with Crippen molar-refractivity contribution in [1.82, 2.24) is 60.4 Å². The first-order chi connectivity index (χ1) is 70.2. The fourth-order valence-electron chi connectivity index (χ4n) is 20.1. The molecule has 0 bridgehead atoms. The highest BCUT2D eigenvalue weighted by Gasteiger charge is 2.46. The maximum absolute atomic E-state index is 12.9. The molecule has 3 aliphatic carbocycles. The molecule has 0 radical (unpaired) electrons. The van der Waals surface area contributed by atoms with Crippen LogP contribution in [0.4, 0.5) is 74.4 Å². The van der Waals surface area contributed by atoms with Crippen molar-refractivity contribution in [2.45, 2.75) is 403 Å². The predicted octanol–water partition coefficient (Wildman–Crippen LogP) is 24.9. The molecule has 42 heteroatoms. The lowest BCUT2D eigenvalue weighted by Gasteiger charge is -2.37. The van der Waals surface area contributed by atoms with Crippen molar-refractivity contribution >= 4 is 116 Å². The number of hydrogen-bond acceptors (Lipinski definition) is 27. The number of hydrogen-bond donors (Lipinski definition) is 3. The molecule has 150 heavy (non-hydrogen) atoms. The highest BCUT2D eigenvalue weighted by atomic mass is 35.5. The summed E-state index contributed by atoms with van der Waals surface area (Å²) in [5.41, 5.74) is -1.29. The highest BCUT2D eigenvalue weighted by molar-refractivity contribution is 7.09. The Morgan fingerprint density at radius 3 is 0.933 bits per heavy atom. The van der Waals surface area contributed by atoms with Gasteiger partial charge in [0.2, 0.25) is 17.7 Å². The van der Waals surface area contributed by atoms with E-state index < -0.39 is 53.3 Å². The van der Waals surface area contributed by atoms with Crippen LogP contribution in [0.2, 0.25) is 15.1 Å². The van der Waals surface area contributed by atoms with Crippen molar-refractivity contribution in [2.24, 2.45) is 0 Å². The molecule has 29 nitrogen and oxygen atoms in total. The van der Waals surface area contributed by atoms with Gasteiger partial charge in [-0.25, -0.2) is 19.9 Å². The molecule has 9 aromatic heterocycles. The largest absolute Gasteiger partial charge is 0.417 e. The van der Waals surface area contributed by atoms with Gasteiger partial charge in [0.15, 0.2) is 34.8 Å². The third-order valence-corrected chi connectivity index (χ3v) is 30.5. The topological polar surface area (TPSA) is 340 Å². The molecule has 0 spiro atoms. The molecule has 9 aliphatic rings. The van der Waals surface area contributed by atoms with Crippen LogP contribution >= 0.6 is 46.1 Å². The summed E-state index contributed by atoms with van der Waals surface area (Å²) in [7, 11) is 0. The number of aromatic nitrogens is 9. The van der Waals surface area contributed by atoms with Crippen LogP contribution in [0, 0.1) is 0 Å². The van der Waals surface area contributed by atoms with E-state index in [4.69, 9.17) is 57.4 Å². The van der Waals surface area contributed by atoms with Gasteiger partial charge in [0.1, 0.15) is 51.3 Å².